The van der Waals surface area contributed by atoms with Crippen LogP contribution in [-0.4, -0.2) is 26.7 Å². The van der Waals surface area contributed by atoms with Crippen LogP contribution in [0.1, 0.15) is 29.2 Å². The van der Waals surface area contributed by atoms with Gasteiger partial charge in [0.2, 0.25) is 0 Å². The molecule has 3 aromatic carbocycles. The monoisotopic (exact) mass is 564 g/mol. The number of nitrogens with one attached hydrogen (secondary N) is 1. The van der Waals surface area contributed by atoms with Crippen molar-refractivity contribution in [2.75, 3.05) is 20.8 Å². The molecular formula is C29H29BrN2O5. The fourth-order valence-corrected chi connectivity index (χ4v) is 4.07. The normalized spacial score (nSPS) is 10.9. The molecule has 0 saturated carbocycles. The van der Waals surface area contributed by atoms with Gasteiger partial charge in [-0.1, -0.05) is 29.8 Å². The van der Waals surface area contributed by atoms with E-state index in [4.69, 9.17) is 18.9 Å². The molecule has 1 amide bonds. The zero-order valence-electron chi connectivity index (χ0n) is 21.3. The SMILES string of the molecule is CCOc1cc(/C=C(\C#N)C(=O)NCc2ccc(OC)cc2OC)cc(Br)c1OCc1ccc(C)cc1. The second-order valence-corrected chi connectivity index (χ2v) is 8.92. The topological polar surface area (TPSA) is 89.8 Å². The molecule has 0 atom stereocenters. The average molecular weight is 565 g/mol. The Hall–Kier alpha value is -3.96. The Morgan fingerprint density at radius 3 is 2.43 bits per heavy atom. The molecule has 0 saturated heterocycles. The van der Waals surface area contributed by atoms with Crippen molar-refractivity contribution in [3.63, 3.8) is 0 Å². The molecule has 0 unspecified atom stereocenters. The molecule has 3 aromatic rings. The van der Waals surface area contributed by atoms with Crippen LogP contribution >= 0.6 is 15.9 Å². The number of rotatable bonds is 11. The van der Waals surface area contributed by atoms with Gasteiger partial charge in [-0.15, -0.1) is 0 Å². The maximum atomic E-state index is 12.8. The maximum absolute atomic E-state index is 12.8. The highest BCUT2D eigenvalue weighted by atomic mass is 79.9. The number of amides is 1. The first kappa shape index (κ1) is 27.6. The van der Waals surface area contributed by atoms with Crippen molar-refractivity contribution < 1.29 is 23.7 Å². The van der Waals surface area contributed by atoms with Crippen LogP contribution in [0.15, 0.2) is 64.6 Å². The predicted molar refractivity (Wildman–Crippen MR) is 146 cm³/mol. The minimum atomic E-state index is -0.505. The molecule has 0 aliphatic heterocycles. The van der Waals surface area contributed by atoms with Crippen LogP contribution in [0.25, 0.3) is 6.08 Å². The third kappa shape index (κ3) is 7.51. The molecule has 0 spiro atoms. The van der Waals surface area contributed by atoms with E-state index in [1.54, 1.807) is 44.6 Å². The molecule has 37 heavy (non-hydrogen) atoms. The summed E-state index contributed by atoms with van der Waals surface area (Å²) in [5.41, 5.74) is 3.53. The molecule has 0 aliphatic rings. The van der Waals surface area contributed by atoms with Crippen LogP contribution in [0.5, 0.6) is 23.0 Å². The first-order valence-electron chi connectivity index (χ1n) is 11.6. The zero-order chi connectivity index (χ0) is 26.8. The van der Waals surface area contributed by atoms with Gasteiger partial charge in [-0.25, -0.2) is 0 Å². The molecule has 0 aliphatic carbocycles. The van der Waals surface area contributed by atoms with E-state index in [0.29, 0.717) is 46.2 Å². The van der Waals surface area contributed by atoms with Crippen LogP contribution in [-0.2, 0) is 17.9 Å². The van der Waals surface area contributed by atoms with Crippen molar-refractivity contribution in [3.8, 4) is 29.1 Å². The van der Waals surface area contributed by atoms with Crippen LogP contribution in [0.3, 0.4) is 0 Å². The first-order chi connectivity index (χ1) is 17.9. The van der Waals surface area contributed by atoms with E-state index < -0.39 is 5.91 Å². The highest BCUT2D eigenvalue weighted by Crippen LogP contribution is 2.38. The highest BCUT2D eigenvalue weighted by Gasteiger charge is 2.15. The van der Waals surface area contributed by atoms with E-state index in [0.717, 1.165) is 11.1 Å². The second-order valence-electron chi connectivity index (χ2n) is 8.07. The van der Waals surface area contributed by atoms with Gasteiger partial charge in [0.25, 0.3) is 5.91 Å². The van der Waals surface area contributed by atoms with Crippen LogP contribution in [0, 0.1) is 18.3 Å². The Morgan fingerprint density at radius 1 is 1.03 bits per heavy atom. The lowest BCUT2D eigenvalue weighted by atomic mass is 10.1. The van der Waals surface area contributed by atoms with Gasteiger partial charge in [0.05, 0.1) is 25.3 Å². The fourth-order valence-electron chi connectivity index (χ4n) is 3.50. The van der Waals surface area contributed by atoms with Gasteiger partial charge < -0.3 is 24.3 Å². The number of methoxy groups -OCH3 is 2. The number of carbonyl (C=O) groups excluding carboxylic acids is 1. The van der Waals surface area contributed by atoms with Gasteiger partial charge in [-0.05, 0) is 71.2 Å². The fraction of sp³-hybridized carbons (Fsp3) is 0.241. The number of nitriles is 1. The largest absolute Gasteiger partial charge is 0.497 e. The molecule has 8 heteroatoms. The number of hydrogen-bond donors (Lipinski definition) is 1. The summed E-state index contributed by atoms with van der Waals surface area (Å²) in [7, 11) is 3.11. The third-order valence-electron chi connectivity index (χ3n) is 5.45. The average Bonchev–Trinajstić information content (AvgIpc) is 2.90. The molecule has 7 nitrogen and oxygen atoms in total. The molecule has 0 aromatic heterocycles. The van der Waals surface area contributed by atoms with Gasteiger partial charge in [0.15, 0.2) is 11.5 Å². The Morgan fingerprint density at radius 2 is 1.78 bits per heavy atom. The lowest BCUT2D eigenvalue weighted by molar-refractivity contribution is -0.117. The Bertz CT molecular complexity index is 1310. The molecule has 0 fully saturated rings. The summed E-state index contributed by atoms with van der Waals surface area (Å²) in [5, 5.41) is 12.4. The van der Waals surface area contributed by atoms with Crippen molar-refractivity contribution in [3.05, 3.63) is 86.9 Å². The number of carbonyl (C=O) groups is 1. The molecular weight excluding hydrogens is 536 g/mol. The number of hydrogen-bond acceptors (Lipinski definition) is 6. The van der Waals surface area contributed by atoms with Gasteiger partial charge in [-0.3, -0.25) is 4.79 Å². The van der Waals surface area contributed by atoms with Crippen LogP contribution < -0.4 is 24.3 Å². The summed E-state index contributed by atoms with van der Waals surface area (Å²) in [6.45, 7) is 4.89. The van der Waals surface area contributed by atoms with E-state index in [9.17, 15) is 10.1 Å². The predicted octanol–water partition coefficient (Wildman–Crippen LogP) is 5.98. The number of halogens is 1. The van der Waals surface area contributed by atoms with Crippen molar-refractivity contribution in [2.24, 2.45) is 0 Å². The lowest BCUT2D eigenvalue weighted by Gasteiger charge is -2.15. The summed E-state index contributed by atoms with van der Waals surface area (Å²) < 4.78 is 23.1. The Balaban J connectivity index is 1.78. The second kappa shape index (κ2) is 13.4. The van der Waals surface area contributed by atoms with Crippen molar-refractivity contribution in [1.82, 2.24) is 5.32 Å². The van der Waals surface area contributed by atoms with E-state index in [-0.39, 0.29) is 12.1 Å². The number of aryl methyl sites for hydroxylation is 1. The van der Waals surface area contributed by atoms with Crippen molar-refractivity contribution in [2.45, 2.75) is 27.0 Å². The summed E-state index contributed by atoms with van der Waals surface area (Å²) in [6.07, 6.45) is 1.51. The molecule has 0 radical (unpaired) electrons. The smallest absolute Gasteiger partial charge is 0.262 e. The minimum absolute atomic E-state index is 0.0462. The highest BCUT2D eigenvalue weighted by molar-refractivity contribution is 9.10. The third-order valence-corrected chi connectivity index (χ3v) is 6.03. The lowest BCUT2D eigenvalue weighted by Crippen LogP contribution is -2.24. The van der Waals surface area contributed by atoms with Gasteiger partial charge in [0, 0.05) is 18.2 Å². The summed E-state index contributed by atoms with van der Waals surface area (Å²) in [4.78, 5) is 12.8. The van der Waals surface area contributed by atoms with Crippen molar-refractivity contribution >= 4 is 27.9 Å². The number of nitrogens with zero attached hydrogens (tertiary/aromatic N) is 1. The van der Waals surface area contributed by atoms with E-state index in [2.05, 4.69) is 21.2 Å². The van der Waals surface area contributed by atoms with Gasteiger partial charge in [-0.2, -0.15) is 5.26 Å². The van der Waals surface area contributed by atoms with Crippen LogP contribution in [0.4, 0.5) is 0 Å². The summed E-state index contributed by atoms with van der Waals surface area (Å²) in [5.74, 6) is 1.78. The molecule has 192 valence electrons. The zero-order valence-corrected chi connectivity index (χ0v) is 22.8. The Labute approximate surface area is 225 Å². The molecule has 0 bridgehead atoms. The van der Waals surface area contributed by atoms with Crippen molar-refractivity contribution in [1.29, 1.82) is 5.26 Å². The molecule has 0 heterocycles. The number of ether oxygens (including phenoxy) is 4. The quantitative estimate of drug-likeness (QED) is 0.228. The number of benzene rings is 3. The minimum Gasteiger partial charge on any atom is -0.497 e. The van der Waals surface area contributed by atoms with Gasteiger partial charge in [0.1, 0.15) is 29.7 Å². The van der Waals surface area contributed by atoms with E-state index >= 15 is 0 Å². The maximum Gasteiger partial charge on any atom is 0.262 e. The Kier molecular flexibility index (Phi) is 9.99. The van der Waals surface area contributed by atoms with Crippen LogP contribution in [0.2, 0.25) is 0 Å². The van der Waals surface area contributed by atoms with Gasteiger partial charge >= 0.3 is 0 Å². The molecule has 3 rings (SSSR count). The van der Waals surface area contributed by atoms with E-state index in [1.165, 1.54) is 11.6 Å². The first-order valence-corrected chi connectivity index (χ1v) is 12.4. The summed E-state index contributed by atoms with van der Waals surface area (Å²) in [6, 6.07) is 18.9. The standard InChI is InChI=1S/C29H29BrN2O5/c1-5-36-27-14-21(13-25(30)28(27)37-18-20-8-6-19(2)7-9-20)12-23(16-31)29(33)32-17-22-10-11-24(34-3)15-26(22)35-4/h6-15H,5,17-18H2,1-4H3,(H,32,33)/b23-12+. The molecule has 1 N–H and O–H groups in total. The summed E-state index contributed by atoms with van der Waals surface area (Å²) >= 11 is 3.55. The van der Waals surface area contributed by atoms with E-state index in [1.807, 2.05) is 44.2 Å².